The molecule has 0 bridgehead atoms. The summed E-state index contributed by atoms with van der Waals surface area (Å²) < 4.78 is 0. The fourth-order valence-corrected chi connectivity index (χ4v) is 5.58. The first-order chi connectivity index (χ1) is 13.7. The molecule has 1 saturated heterocycles. The molecule has 2 fully saturated rings. The molecule has 3 nitrogen and oxygen atoms in total. The molecule has 1 atom stereocenters. The minimum Gasteiger partial charge on any atom is -0.317 e. The monoisotopic (exact) mass is 396 g/mol. The van der Waals surface area contributed by atoms with Crippen molar-refractivity contribution < 1.29 is 4.79 Å². The van der Waals surface area contributed by atoms with Gasteiger partial charge in [0.1, 0.15) is 0 Å². The van der Waals surface area contributed by atoms with Crippen LogP contribution in [0.2, 0.25) is 0 Å². The van der Waals surface area contributed by atoms with Gasteiger partial charge in [0.2, 0.25) is 5.91 Å². The second-order valence-electron chi connectivity index (χ2n) is 8.53. The SMILES string of the molecule is CC1CCC(C(=O)N(c2csc(-c3ccccc3)c2)C2CCCNCC2)CC1. The molecule has 2 aromatic rings. The second kappa shape index (κ2) is 9.23. The fraction of sp³-hybridized carbons (Fsp3) is 0.542. The molecule has 1 saturated carbocycles. The van der Waals surface area contributed by atoms with E-state index in [1.807, 2.05) is 0 Å². The highest BCUT2D eigenvalue weighted by molar-refractivity contribution is 7.14. The van der Waals surface area contributed by atoms with E-state index in [0.717, 1.165) is 56.8 Å². The number of carbonyl (C=O) groups is 1. The highest BCUT2D eigenvalue weighted by Gasteiger charge is 2.33. The van der Waals surface area contributed by atoms with E-state index in [1.165, 1.54) is 23.3 Å². The minimum atomic E-state index is 0.201. The van der Waals surface area contributed by atoms with Crippen LogP contribution in [0.1, 0.15) is 51.9 Å². The highest BCUT2D eigenvalue weighted by atomic mass is 32.1. The molecule has 150 valence electrons. The van der Waals surface area contributed by atoms with Crippen LogP contribution in [-0.4, -0.2) is 25.0 Å². The minimum absolute atomic E-state index is 0.201. The van der Waals surface area contributed by atoms with Crippen molar-refractivity contribution in [2.45, 2.75) is 57.9 Å². The third-order valence-corrected chi connectivity index (χ3v) is 7.40. The highest BCUT2D eigenvalue weighted by Crippen LogP contribution is 2.37. The molecule has 1 aromatic heterocycles. The van der Waals surface area contributed by atoms with Gasteiger partial charge in [0.15, 0.2) is 0 Å². The van der Waals surface area contributed by atoms with Crippen LogP contribution in [0.15, 0.2) is 41.8 Å². The maximum absolute atomic E-state index is 13.7. The summed E-state index contributed by atoms with van der Waals surface area (Å²) in [4.78, 5) is 17.1. The van der Waals surface area contributed by atoms with Crippen molar-refractivity contribution in [3.63, 3.8) is 0 Å². The topological polar surface area (TPSA) is 32.3 Å². The quantitative estimate of drug-likeness (QED) is 0.717. The number of thiophene rings is 1. The lowest BCUT2D eigenvalue weighted by atomic mass is 9.82. The largest absolute Gasteiger partial charge is 0.317 e. The summed E-state index contributed by atoms with van der Waals surface area (Å²) in [5.74, 6) is 1.34. The summed E-state index contributed by atoms with van der Waals surface area (Å²) in [7, 11) is 0. The van der Waals surface area contributed by atoms with Crippen molar-refractivity contribution in [3.8, 4) is 10.4 Å². The van der Waals surface area contributed by atoms with Gasteiger partial charge >= 0.3 is 0 Å². The second-order valence-corrected chi connectivity index (χ2v) is 9.45. The third-order valence-electron chi connectivity index (χ3n) is 6.44. The smallest absolute Gasteiger partial charge is 0.230 e. The Balaban J connectivity index is 1.61. The van der Waals surface area contributed by atoms with E-state index in [9.17, 15) is 4.79 Å². The Kier molecular flexibility index (Phi) is 6.48. The average molecular weight is 397 g/mol. The number of rotatable bonds is 4. The van der Waals surface area contributed by atoms with Crippen molar-refractivity contribution in [1.29, 1.82) is 0 Å². The van der Waals surface area contributed by atoms with Gasteiger partial charge in [0.05, 0.1) is 5.69 Å². The molecule has 1 amide bonds. The molecule has 0 spiro atoms. The summed E-state index contributed by atoms with van der Waals surface area (Å²) in [6.45, 7) is 4.39. The molecule has 1 aliphatic heterocycles. The van der Waals surface area contributed by atoms with Crippen molar-refractivity contribution in [1.82, 2.24) is 5.32 Å². The van der Waals surface area contributed by atoms with Crippen LogP contribution in [0.4, 0.5) is 5.69 Å². The zero-order valence-corrected chi connectivity index (χ0v) is 17.7. The summed E-state index contributed by atoms with van der Waals surface area (Å²) in [5.41, 5.74) is 2.35. The van der Waals surface area contributed by atoms with Gasteiger partial charge in [-0.2, -0.15) is 0 Å². The van der Waals surface area contributed by atoms with Crippen molar-refractivity contribution in [2.75, 3.05) is 18.0 Å². The maximum atomic E-state index is 13.7. The van der Waals surface area contributed by atoms with Gasteiger partial charge in [-0.3, -0.25) is 4.79 Å². The summed E-state index contributed by atoms with van der Waals surface area (Å²) in [6.07, 6.45) is 7.77. The molecule has 1 unspecified atom stereocenters. The van der Waals surface area contributed by atoms with Gasteiger partial charge in [-0.15, -0.1) is 11.3 Å². The van der Waals surface area contributed by atoms with Crippen LogP contribution in [0, 0.1) is 11.8 Å². The molecule has 1 N–H and O–H groups in total. The predicted molar refractivity (Wildman–Crippen MR) is 119 cm³/mol. The Bertz CT molecular complexity index is 756. The van der Waals surface area contributed by atoms with Crippen molar-refractivity contribution in [3.05, 3.63) is 41.8 Å². The Morgan fingerprint density at radius 1 is 1.04 bits per heavy atom. The molecular formula is C24H32N2OS. The lowest BCUT2D eigenvalue weighted by Gasteiger charge is -2.35. The van der Waals surface area contributed by atoms with E-state index in [1.54, 1.807) is 11.3 Å². The van der Waals surface area contributed by atoms with Crippen LogP contribution < -0.4 is 10.2 Å². The van der Waals surface area contributed by atoms with E-state index in [4.69, 9.17) is 0 Å². The Hall–Kier alpha value is -1.65. The molecule has 2 aliphatic rings. The van der Waals surface area contributed by atoms with E-state index >= 15 is 0 Å². The molecular weight excluding hydrogens is 364 g/mol. The van der Waals surface area contributed by atoms with Crippen molar-refractivity contribution in [2.24, 2.45) is 11.8 Å². The summed E-state index contributed by atoms with van der Waals surface area (Å²) in [5, 5.41) is 5.70. The van der Waals surface area contributed by atoms with Crippen LogP contribution in [0.5, 0.6) is 0 Å². The molecule has 28 heavy (non-hydrogen) atoms. The number of nitrogens with one attached hydrogen (secondary N) is 1. The average Bonchev–Trinajstić information content (AvgIpc) is 3.05. The molecule has 1 aromatic carbocycles. The first-order valence-corrected chi connectivity index (χ1v) is 11.8. The summed E-state index contributed by atoms with van der Waals surface area (Å²) in [6, 6.07) is 13.1. The Morgan fingerprint density at radius 3 is 2.61 bits per heavy atom. The number of hydrogen-bond acceptors (Lipinski definition) is 3. The molecule has 4 rings (SSSR count). The lowest BCUT2D eigenvalue weighted by Crippen LogP contribution is -2.45. The normalized spacial score (nSPS) is 25.8. The van der Waals surface area contributed by atoms with E-state index in [-0.39, 0.29) is 5.92 Å². The predicted octanol–water partition coefficient (Wildman–Crippen LogP) is 5.72. The van der Waals surface area contributed by atoms with E-state index in [0.29, 0.717) is 11.9 Å². The Labute approximate surface area is 173 Å². The zero-order chi connectivity index (χ0) is 19.3. The summed E-state index contributed by atoms with van der Waals surface area (Å²) >= 11 is 1.76. The third kappa shape index (κ3) is 4.49. The van der Waals surface area contributed by atoms with Crippen LogP contribution in [0.3, 0.4) is 0 Å². The van der Waals surface area contributed by atoms with Gasteiger partial charge in [-0.1, -0.05) is 37.3 Å². The molecule has 0 radical (unpaired) electrons. The first kappa shape index (κ1) is 19.7. The maximum Gasteiger partial charge on any atom is 0.230 e. The molecule has 2 heterocycles. The van der Waals surface area contributed by atoms with Gasteiger partial charge in [-0.25, -0.2) is 0 Å². The number of nitrogens with zero attached hydrogens (tertiary/aromatic N) is 1. The number of benzene rings is 1. The molecule has 4 heteroatoms. The van der Waals surface area contributed by atoms with Crippen LogP contribution in [-0.2, 0) is 4.79 Å². The van der Waals surface area contributed by atoms with Crippen molar-refractivity contribution >= 4 is 22.9 Å². The first-order valence-electron chi connectivity index (χ1n) is 10.9. The van der Waals surface area contributed by atoms with Gasteiger partial charge in [-0.05, 0) is 75.6 Å². The molecule has 1 aliphatic carbocycles. The Morgan fingerprint density at radius 2 is 1.82 bits per heavy atom. The van der Waals surface area contributed by atoms with E-state index < -0.39 is 0 Å². The zero-order valence-electron chi connectivity index (χ0n) is 16.9. The van der Waals surface area contributed by atoms with Gasteiger partial charge in [0.25, 0.3) is 0 Å². The standard InChI is InChI=1S/C24H32N2OS/c1-18-9-11-20(12-10-18)24(27)26(21-8-5-14-25-15-13-21)22-16-23(28-17-22)19-6-3-2-4-7-19/h2-4,6-7,16-18,20-21,25H,5,8-15H2,1H3. The van der Waals surface area contributed by atoms with Gasteiger partial charge in [0, 0.05) is 22.2 Å². The van der Waals surface area contributed by atoms with Gasteiger partial charge < -0.3 is 10.2 Å². The number of anilines is 1. The number of carbonyl (C=O) groups excluding carboxylic acids is 1. The fourth-order valence-electron chi connectivity index (χ4n) is 4.69. The van der Waals surface area contributed by atoms with E-state index in [2.05, 4.69) is 58.9 Å². The number of amides is 1. The van der Waals surface area contributed by atoms with Crippen LogP contribution in [0.25, 0.3) is 10.4 Å². The number of hydrogen-bond donors (Lipinski definition) is 1. The van der Waals surface area contributed by atoms with Crippen LogP contribution >= 0.6 is 11.3 Å². The lowest BCUT2D eigenvalue weighted by molar-refractivity contribution is -0.124.